The van der Waals surface area contributed by atoms with Gasteiger partial charge in [0.05, 0.1) is 7.11 Å². The van der Waals surface area contributed by atoms with E-state index in [0.717, 1.165) is 28.4 Å². The summed E-state index contributed by atoms with van der Waals surface area (Å²) in [7, 11) is 1.63. The van der Waals surface area contributed by atoms with Crippen molar-refractivity contribution in [2.24, 2.45) is 0 Å². The van der Waals surface area contributed by atoms with Crippen molar-refractivity contribution in [1.29, 1.82) is 0 Å². The van der Waals surface area contributed by atoms with Crippen molar-refractivity contribution in [2.75, 3.05) is 7.11 Å². The number of hydrogen-bond acceptors (Lipinski definition) is 4. The van der Waals surface area contributed by atoms with Gasteiger partial charge < -0.3 is 14.6 Å². The number of hydrogen-bond donors (Lipinski definition) is 1. The Morgan fingerprint density at radius 1 is 1.42 bits per heavy atom. The van der Waals surface area contributed by atoms with E-state index >= 15 is 0 Å². The molecule has 0 bridgehead atoms. The van der Waals surface area contributed by atoms with Crippen LogP contribution < -0.4 is 9.47 Å². The van der Waals surface area contributed by atoms with Crippen LogP contribution in [0, 0.1) is 0 Å². The molecule has 100 valence electrons. The highest BCUT2D eigenvalue weighted by Crippen LogP contribution is 2.35. The summed E-state index contributed by atoms with van der Waals surface area (Å²) < 4.78 is 10.8. The molecule has 1 aliphatic rings. The highest BCUT2D eigenvalue weighted by molar-refractivity contribution is 7.10. The summed E-state index contributed by atoms with van der Waals surface area (Å²) in [5.41, 5.74) is 2.08. The summed E-state index contributed by atoms with van der Waals surface area (Å²) in [6.45, 7) is 2.06. The molecule has 2 aromatic rings. The van der Waals surface area contributed by atoms with Crippen LogP contribution in [-0.4, -0.2) is 18.3 Å². The molecule has 0 spiro atoms. The minimum absolute atomic E-state index is 0.226. The van der Waals surface area contributed by atoms with Gasteiger partial charge in [0.25, 0.3) is 0 Å². The highest BCUT2D eigenvalue weighted by Gasteiger charge is 2.21. The Labute approximate surface area is 116 Å². The molecule has 2 heterocycles. The van der Waals surface area contributed by atoms with Gasteiger partial charge in [0.2, 0.25) is 0 Å². The first-order chi connectivity index (χ1) is 9.17. The third kappa shape index (κ3) is 2.33. The number of methoxy groups -OCH3 is 1. The van der Waals surface area contributed by atoms with E-state index in [0.29, 0.717) is 0 Å². The quantitative estimate of drug-likeness (QED) is 0.936. The molecule has 3 nitrogen and oxygen atoms in total. The molecule has 0 saturated heterocycles. The van der Waals surface area contributed by atoms with Crippen LogP contribution in [0.3, 0.4) is 0 Å². The van der Waals surface area contributed by atoms with Gasteiger partial charge in [0.15, 0.2) is 0 Å². The number of rotatable bonds is 3. The Hall–Kier alpha value is -1.52. The second kappa shape index (κ2) is 4.87. The lowest BCUT2D eigenvalue weighted by molar-refractivity contribution is 0.223. The first kappa shape index (κ1) is 12.5. The van der Waals surface area contributed by atoms with Crippen molar-refractivity contribution >= 4 is 11.3 Å². The van der Waals surface area contributed by atoms with E-state index in [1.54, 1.807) is 7.11 Å². The molecule has 1 aromatic heterocycles. The van der Waals surface area contributed by atoms with Gasteiger partial charge in [-0.05, 0) is 36.2 Å². The first-order valence-electron chi connectivity index (χ1n) is 6.27. The van der Waals surface area contributed by atoms with Gasteiger partial charge in [-0.15, -0.1) is 11.3 Å². The van der Waals surface area contributed by atoms with Crippen LogP contribution in [-0.2, 0) is 6.42 Å². The van der Waals surface area contributed by atoms with Crippen molar-refractivity contribution in [2.45, 2.75) is 25.6 Å². The van der Waals surface area contributed by atoms with Crippen LogP contribution in [0.1, 0.15) is 29.0 Å². The summed E-state index contributed by atoms with van der Waals surface area (Å²) in [5, 5.41) is 12.3. The van der Waals surface area contributed by atoms with Crippen LogP contribution in [0.5, 0.6) is 11.5 Å². The largest absolute Gasteiger partial charge is 0.496 e. The SMILES string of the molecule is COc1csc(C(O)c2ccc3c(c2)CC(C)O3)c1. The Bertz CT molecular complexity index is 591. The second-order valence-electron chi connectivity index (χ2n) is 4.79. The fraction of sp³-hybridized carbons (Fsp3) is 0.333. The van der Waals surface area contributed by atoms with Crippen LogP contribution in [0.15, 0.2) is 29.6 Å². The summed E-state index contributed by atoms with van der Waals surface area (Å²) >= 11 is 1.50. The van der Waals surface area contributed by atoms with Gasteiger partial charge in [-0.25, -0.2) is 0 Å². The number of aliphatic hydroxyl groups is 1. The van der Waals surface area contributed by atoms with Gasteiger partial charge in [-0.1, -0.05) is 6.07 Å². The molecule has 4 heteroatoms. The van der Waals surface area contributed by atoms with Crippen LogP contribution in [0.2, 0.25) is 0 Å². The average molecular weight is 276 g/mol. The van der Waals surface area contributed by atoms with Gasteiger partial charge in [-0.3, -0.25) is 0 Å². The zero-order valence-corrected chi connectivity index (χ0v) is 11.7. The maximum Gasteiger partial charge on any atom is 0.129 e. The Morgan fingerprint density at radius 3 is 3.00 bits per heavy atom. The minimum Gasteiger partial charge on any atom is -0.496 e. The summed E-state index contributed by atoms with van der Waals surface area (Å²) in [6, 6.07) is 7.79. The van der Waals surface area contributed by atoms with Crippen LogP contribution in [0.25, 0.3) is 0 Å². The zero-order valence-electron chi connectivity index (χ0n) is 10.9. The molecule has 0 fully saturated rings. The van der Waals surface area contributed by atoms with Crippen molar-refractivity contribution in [3.05, 3.63) is 45.6 Å². The fourth-order valence-electron chi connectivity index (χ4n) is 2.36. The van der Waals surface area contributed by atoms with E-state index in [2.05, 4.69) is 6.92 Å². The molecule has 0 amide bonds. The Morgan fingerprint density at radius 2 is 2.26 bits per heavy atom. The molecule has 1 aromatic carbocycles. The average Bonchev–Trinajstić information content (AvgIpc) is 3.01. The summed E-state index contributed by atoms with van der Waals surface area (Å²) in [6.07, 6.45) is 0.531. The molecular weight excluding hydrogens is 260 g/mol. The predicted octanol–water partition coefficient (Wildman–Crippen LogP) is 3.16. The maximum absolute atomic E-state index is 10.4. The maximum atomic E-state index is 10.4. The molecule has 2 atom stereocenters. The second-order valence-corrected chi connectivity index (χ2v) is 5.73. The molecule has 0 aliphatic carbocycles. The first-order valence-corrected chi connectivity index (χ1v) is 7.15. The topological polar surface area (TPSA) is 38.7 Å². The molecular formula is C15H16O3S. The lowest BCUT2D eigenvalue weighted by Gasteiger charge is -2.10. The third-order valence-electron chi connectivity index (χ3n) is 3.34. The van der Waals surface area contributed by atoms with E-state index in [4.69, 9.17) is 9.47 Å². The van der Waals surface area contributed by atoms with E-state index in [1.165, 1.54) is 16.9 Å². The zero-order chi connectivity index (χ0) is 13.4. The number of fused-ring (bicyclic) bond motifs is 1. The highest BCUT2D eigenvalue weighted by atomic mass is 32.1. The fourth-order valence-corrected chi connectivity index (χ4v) is 3.23. The Balaban J connectivity index is 1.88. The monoisotopic (exact) mass is 276 g/mol. The van der Waals surface area contributed by atoms with Crippen molar-refractivity contribution in [3.63, 3.8) is 0 Å². The van der Waals surface area contributed by atoms with E-state index in [-0.39, 0.29) is 6.10 Å². The third-order valence-corrected chi connectivity index (χ3v) is 4.30. The van der Waals surface area contributed by atoms with Gasteiger partial charge in [0, 0.05) is 16.7 Å². The van der Waals surface area contributed by atoms with Crippen LogP contribution in [0.4, 0.5) is 0 Å². The van der Waals surface area contributed by atoms with Gasteiger partial charge in [0.1, 0.15) is 23.7 Å². The van der Waals surface area contributed by atoms with Crippen molar-refractivity contribution in [3.8, 4) is 11.5 Å². The molecule has 19 heavy (non-hydrogen) atoms. The molecule has 0 saturated carbocycles. The number of thiophene rings is 1. The predicted molar refractivity (Wildman–Crippen MR) is 75.2 cm³/mol. The van der Waals surface area contributed by atoms with Gasteiger partial charge >= 0.3 is 0 Å². The van der Waals surface area contributed by atoms with E-state index in [1.807, 2.05) is 29.6 Å². The minimum atomic E-state index is -0.602. The molecule has 1 aliphatic heterocycles. The van der Waals surface area contributed by atoms with E-state index < -0.39 is 6.10 Å². The Kier molecular flexibility index (Phi) is 3.21. The number of benzene rings is 1. The molecule has 1 N–H and O–H groups in total. The van der Waals surface area contributed by atoms with Gasteiger partial charge in [-0.2, -0.15) is 0 Å². The van der Waals surface area contributed by atoms with Crippen molar-refractivity contribution < 1.29 is 14.6 Å². The lowest BCUT2D eigenvalue weighted by atomic mass is 10.0. The standard InChI is InChI=1S/C15H16O3S/c1-9-5-11-6-10(3-4-13(11)18-9)15(16)14-7-12(17-2)8-19-14/h3-4,6-9,15-16H,5H2,1-2H3. The van der Waals surface area contributed by atoms with Crippen molar-refractivity contribution in [1.82, 2.24) is 0 Å². The van der Waals surface area contributed by atoms with Crippen LogP contribution >= 0.6 is 11.3 Å². The van der Waals surface area contributed by atoms with E-state index in [9.17, 15) is 5.11 Å². The lowest BCUT2D eigenvalue weighted by Crippen LogP contribution is -2.05. The number of aliphatic hydroxyl groups excluding tert-OH is 1. The summed E-state index contributed by atoms with van der Waals surface area (Å²) in [4.78, 5) is 0.892. The smallest absolute Gasteiger partial charge is 0.129 e. The molecule has 0 radical (unpaired) electrons. The summed E-state index contributed by atoms with van der Waals surface area (Å²) in [5.74, 6) is 1.73. The number of ether oxygens (including phenoxy) is 2. The molecule has 3 rings (SSSR count). The molecule has 2 unspecified atom stereocenters. The normalized spacial score (nSPS) is 18.8.